The Morgan fingerprint density at radius 3 is 2.89 bits per heavy atom. The molecule has 0 atom stereocenters. The Hall–Kier alpha value is -1.61. The molecule has 1 N–H and O–H groups in total. The minimum Gasteiger partial charge on any atom is -0.468 e. The molecular formula is C16H20N2O. The maximum atomic E-state index is 5.57. The third-order valence-corrected chi connectivity index (χ3v) is 3.63. The smallest absolute Gasteiger partial charge is 0.121 e. The third kappa shape index (κ3) is 3.24. The van der Waals surface area contributed by atoms with Gasteiger partial charge in [-0.25, -0.2) is 0 Å². The first-order valence-corrected chi connectivity index (χ1v) is 7.07. The molecule has 19 heavy (non-hydrogen) atoms. The normalized spacial score (nSPS) is 14.8. The van der Waals surface area contributed by atoms with E-state index in [4.69, 9.17) is 4.42 Å². The molecule has 3 nitrogen and oxygen atoms in total. The Morgan fingerprint density at radius 1 is 1.32 bits per heavy atom. The fourth-order valence-electron chi connectivity index (χ4n) is 2.17. The van der Waals surface area contributed by atoms with Crippen LogP contribution in [-0.2, 0) is 19.4 Å². The van der Waals surface area contributed by atoms with Crippen LogP contribution in [0.1, 0.15) is 42.3 Å². The van der Waals surface area contributed by atoms with Crippen LogP contribution in [0.5, 0.6) is 0 Å². The van der Waals surface area contributed by atoms with Gasteiger partial charge in [0, 0.05) is 29.9 Å². The van der Waals surface area contributed by atoms with E-state index in [-0.39, 0.29) is 0 Å². The van der Waals surface area contributed by atoms with Gasteiger partial charge in [-0.05, 0) is 37.0 Å². The lowest BCUT2D eigenvalue weighted by Gasteiger charge is -2.04. The molecule has 0 aromatic carbocycles. The summed E-state index contributed by atoms with van der Waals surface area (Å²) in [4.78, 5) is 4.51. The highest BCUT2D eigenvalue weighted by Gasteiger charge is 2.21. The summed E-state index contributed by atoms with van der Waals surface area (Å²) in [7, 11) is 0. The van der Waals surface area contributed by atoms with E-state index in [0.717, 1.165) is 30.8 Å². The summed E-state index contributed by atoms with van der Waals surface area (Å²) in [5, 5.41) is 3.49. The minimum atomic E-state index is 0.708. The van der Waals surface area contributed by atoms with Gasteiger partial charge in [0.15, 0.2) is 0 Å². The average molecular weight is 256 g/mol. The van der Waals surface area contributed by atoms with E-state index in [1.165, 1.54) is 24.0 Å². The second-order valence-corrected chi connectivity index (χ2v) is 5.21. The van der Waals surface area contributed by atoms with Crippen LogP contribution < -0.4 is 5.32 Å². The topological polar surface area (TPSA) is 38.1 Å². The molecule has 1 aliphatic carbocycles. The van der Waals surface area contributed by atoms with Crippen molar-refractivity contribution in [3.05, 3.63) is 53.2 Å². The van der Waals surface area contributed by atoms with Crippen molar-refractivity contribution in [1.29, 1.82) is 0 Å². The van der Waals surface area contributed by atoms with Gasteiger partial charge >= 0.3 is 0 Å². The standard InChI is InChI=1S/C16H20N2O/c1-2-12-3-4-15(17-10-12)9-13-7-8-19-16(13)11-18-14-5-6-14/h3-4,7-8,10,14,18H,2,5-6,9,11H2,1H3. The lowest BCUT2D eigenvalue weighted by atomic mass is 10.1. The zero-order valence-corrected chi connectivity index (χ0v) is 11.4. The summed E-state index contributed by atoms with van der Waals surface area (Å²) in [6.45, 7) is 2.98. The molecular weight excluding hydrogens is 236 g/mol. The van der Waals surface area contributed by atoms with Crippen molar-refractivity contribution in [3.8, 4) is 0 Å². The molecule has 1 fully saturated rings. The molecule has 0 unspecified atom stereocenters. The first kappa shape index (κ1) is 12.4. The number of rotatable bonds is 6. The Balaban J connectivity index is 1.65. The molecule has 0 radical (unpaired) electrons. The Kier molecular flexibility index (Phi) is 3.65. The Bertz CT molecular complexity index is 526. The van der Waals surface area contributed by atoms with Gasteiger partial charge in [0.25, 0.3) is 0 Å². The molecule has 2 aromatic heterocycles. The maximum Gasteiger partial charge on any atom is 0.121 e. The Morgan fingerprint density at radius 2 is 2.21 bits per heavy atom. The van der Waals surface area contributed by atoms with Crippen molar-refractivity contribution in [2.75, 3.05) is 0 Å². The van der Waals surface area contributed by atoms with Gasteiger partial charge in [0.2, 0.25) is 0 Å². The number of nitrogens with zero attached hydrogens (tertiary/aromatic N) is 1. The number of aryl methyl sites for hydroxylation is 1. The van der Waals surface area contributed by atoms with Crippen LogP contribution in [0.15, 0.2) is 35.1 Å². The van der Waals surface area contributed by atoms with Crippen molar-refractivity contribution >= 4 is 0 Å². The van der Waals surface area contributed by atoms with Gasteiger partial charge in [0.05, 0.1) is 12.8 Å². The molecule has 1 aliphatic rings. The second-order valence-electron chi connectivity index (χ2n) is 5.21. The van der Waals surface area contributed by atoms with Crippen LogP contribution >= 0.6 is 0 Å². The summed E-state index contributed by atoms with van der Waals surface area (Å²) < 4.78 is 5.57. The highest BCUT2D eigenvalue weighted by Crippen LogP contribution is 2.21. The zero-order valence-electron chi connectivity index (χ0n) is 11.4. The van der Waals surface area contributed by atoms with E-state index in [1.54, 1.807) is 6.26 Å². The van der Waals surface area contributed by atoms with Gasteiger partial charge in [-0.2, -0.15) is 0 Å². The number of nitrogens with one attached hydrogen (secondary N) is 1. The molecule has 0 spiro atoms. The fraction of sp³-hybridized carbons (Fsp3) is 0.438. The molecule has 0 saturated heterocycles. The highest BCUT2D eigenvalue weighted by molar-refractivity contribution is 5.25. The number of pyridine rings is 1. The van der Waals surface area contributed by atoms with Gasteiger partial charge < -0.3 is 9.73 Å². The first-order chi connectivity index (χ1) is 9.35. The van der Waals surface area contributed by atoms with E-state index >= 15 is 0 Å². The quantitative estimate of drug-likeness (QED) is 0.863. The number of aromatic nitrogens is 1. The lowest BCUT2D eigenvalue weighted by molar-refractivity contribution is 0.478. The summed E-state index contributed by atoms with van der Waals surface area (Å²) in [6.07, 6.45) is 8.24. The molecule has 0 amide bonds. The van der Waals surface area contributed by atoms with Gasteiger partial charge in [-0.3, -0.25) is 4.98 Å². The van der Waals surface area contributed by atoms with Crippen molar-refractivity contribution in [3.63, 3.8) is 0 Å². The minimum absolute atomic E-state index is 0.708. The van der Waals surface area contributed by atoms with Gasteiger partial charge in [0.1, 0.15) is 5.76 Å². The molecule has 100 valence electrons. The van der Waals surface area contributed by atoms with Crippen LogP contribution in [0.25, 0.3) is 0 Å². The predicted octanol–water partition coefficient (Wildman–Crippen LogP) is 3.08. The monoisotopic (exact) mass is 256 g/mol. The molecule has 3 rings (SSSR count). The van der Waals surface area contributed by atoms with Gasteiger partial charge in [-0.15, -0.1) is 0 Å². The van der Waals surface area contributed by atoms with E-state index in [9.17, 15) is 0 Å². The summed E-state index contributed by atoms with van der Waals surface area (Å²) in [5.74, 6) is 1.05. The second kappa shape index (κ2) is 5.57. The summed E-state index contributed by atoms with van der Waals surface area (Å²) in [5.41, 5.74) is 3.63. The van der Waals surface area contributed by atoms with Crippen LogP contribution in [0.2, 0.25) is 0 Å². The summed E-state index contributed by atoms with van der Waals surface area (Å²) >= 11 is 0. The molecule has 0 aliphatic heterocycles. The molecule has 2 heterocycles. The maximum absolute atomic E-state index is 5.57. The van der Waals surface area contributed by atoms with Crippen molar-refractivity contribution in [2.45, 2.75) is 45.2 Å². The third-order valence-electron chi connectivity index (χ3n) is 3.63. The van der Waals surface area contributed by atoms with Crippen molar-refractivity contribution in [2.24, 2.45) is 0 Å². The van der Waals surface area contributed by atoms with Crippen LogP contribution in [0.3, 0.4) is 0 Å². The molecule has 3 heteroatoms. The number of furan rings is 1. The summed E-state index contributed by atoms with van der Waals surface area (Å²) in [6, 6.07) is 7.04. The molecule has 1 saturated carbocycles. The van der Waals surface area contributed by atoms with E-state index in [2.05, 4.69) is 35.4 Å². The van der Waals surface area contributed by atoms with Crippen molar-refractivity contribution < 1.29 is 4.42 Å². The van der Waals surface area contributed by atoms with Crippen LogP contribution in [0.4, 0.5) is 0 Å². The SMILES string of the molecule is CCc1ccc(Cc2ccoc2CNC2CC2)nc1. The fourth-order valence-corrected chi connectivity index (χ4v) is 2.17. The predicted molar refractivity (Wildman–Crippen MR) is 75.0 cm³/mol. The first-order valence-electron chi connectivity index (χ1n) is 7.07. The van der Waals surface area contributed by atoms with E-state index in [1.807, 2.05) is 6.20 Å². The lowest BCUT2D eigenvalue weighted by Crippen LogP contribution is -2.15. The Labute approximate surface area is 114 Å². The largest absolute Gasteiger partial charge is 0.468 e. The number of hydrogen-bond acceptors (Lipinski definition) is 3. The molecule has 2 aromatic rings. The van der Waals surface area contributed by atoms with Crippen molar-refractivity contribution in [1.82, 2.24) is 10.3 Å². The zero-order chi connectivity index (χ0) is 13.1. The van der Waals surface area contributed by atoms with Crippen LogP contribution in [-0.4, -0.2) is 11.0 Å². The average Bonchev–Trinajstić information content (AvgIpc) is 3.18. The highest BCUT2D eigenvalue weighted by atomic mass is 16.3. The van der Waals surface area contributed by atoms with Crippen LogP contribution in [0, 0.1) is 0 Å². The number of hydrogen-bond donors (Lipinski definition) is 1. The van der Waals surface area contributed by atoms with E-state index in [0.29, 0.717) is 6.04 Å². The molecule has 0 bridgehead atoms. The van der Waals surface area contributed by atoms with Gasteiger partial charge in [-0.1, -0.05) is 13.0 Å². The van der Waals surface area contributed by atoms with E-state index < -0.39 is 0 Å².